The second kappa shape index (κ2) is 77.0. The third-order valence-corrected chi connectivity index (χ3v) is 19.5. The summed E-state index contributed by atoms with van der Waals surface area (Å²) >= 11 is 0. The fourth-order valence-electron chi connectivity index (χ4n) is 13.6. The summed E-state index contributed by atoms with van der Waals surface area (Å²) in [5, 5.41) is 0. The molecule has 0 aliphatic heterocycles. The number of unbranched alkanes of at least 4 members (excludes halogenated alkanes) is 68. The van der Waals surface area contributed by atoms with Gasteiger partial charge in [-0.3, -0.25) is 0 Å². The molecule has 0 aliphatic rings. The van der Waals surface area contributed by atoms with Crippen LogP contribution in [0.4, 0.5) is 0 Å². The van der Waals surface area contributed by atoms with E-state index in [0.29, 0.717) is 0 Å². The molecule has 0 saturated heterocycles. The van der Waals surface area contributed by atoms with Crippen molar-refractivity contribution in [2.75, 3.05) is 13.7 Å². The Morgan fingerprint density at radius 1 is 0.159 bits per heavy atom. The van der Waals surface area contributed by atoms with Gasteiger partial charge < -0.3 is 9.47 Å². The highest BCUT2D eigenvalue weighted by atomic mass is 16.5. The molecule has 82 heavy (non-hydrogen) atoms. The van der Waals surface area contributed by atoms with Crippen LogP contribution in [-0.2, 0) is 9.47 Å². The lowest BCUT2D eigenvalue weighted by Crippen LogP contribution is -2.31. The van der Waals surface area contributed by atoms with E-state index >= 15 is 0 Å². The van der Waals surface area contributed by atoms with Crippen molar-refractivity contribution in [2.45, 2.75) is 502 Å². The van der Waals surface area contributed by atoms with Gasteiger partial charge in [0.05, 0.1) is 12.2 Å². The summed E-state index contributed by atoms with van der Waals surface area (Å²) in [4.78, 5) is 0. The predicted molar refractivity (Wildman–Crippen MR) is 375 cm³/mol. The first-order valence-corrected chi connectivity index (χ1v) is 39.9. The van der Waals surface area contributed by atoms with E-state index in [0.717, 1.165) is 6.61 Å². The predicted octanol–water partition coefficient (Wildman–Crippen LogP) is 29.9. The van der Waals surface area contributed by atoms with Gasteiger partial charge in [0, 0.05) is 13.7 Å². The smallest absolute Gasteiger partial charge is 0.0836 e. The average Bonchev–Trinajstić information content (AvgIpc) is 3.49. The van der Waals surface area contributed by atoms with Crippen LogP contribution in [0.2, 0.25) is 0 Å². The Morgan fingerprint density at radius 2 is 0.293 bits per heavy atom. The van der Waals surface area contributed by atoms with Crippen LogP contribution >= 0.6 is 0 Å². The van der Waals surface area contributed by atoms with E-state index < -0.39 is 0 Å². The van der Waals surface area contributed by atoms with Crippen LogP contribution in [0.25, 0.3) is 0 Å². The number of rotatable bonds is 77. The summed E-state index contributed by atoms with van der Waals surface area (Å²) in [6.07, 6.45) is 106. The summed E-state index contributed by atoms with van der Waals surface area (Å²) in [5.41, 5.74) is 0. The zero-order chi connectivity index (χ0) is 58.9. The first-order chi connectivity index (χ1) is 40.8. The highest BCUT2D eigenvalue weighted by Gasteiger charge is 2.21. The summed E-state index contributed by atoms with van der Waals surface area (Å²) in [5.74, 6) is 0. The third-order valence-electron chi connectivity index (χ3n) is 19.5. The van der Waals surface area contributed by atoms with Crippen LogP contribution in [0.3, 0.4) is 0 Å². The van der Waals surface area contributed by atoms with E-state index in [2.05, 4.69) is 20.8 Å². The summed E-state index contributed by atoms with van der Waals surface area (Å²) in [7, 11) is 1.97. The summed E-state index contributed by atoms with van der Waals surface area (Å²) in [6.45, 7) is 7.89. The van der Waals surface area contributed by atoms with E-state index in [1.807, 2.05) is 7.11 Å². The van der Waals surface area contributed by atoms with Crippen LogP contribution < -0.4 is 0 Å². The van der Waals surface area contributed by atoms with Gasteiger partial charge in [-0.05, 0) is 19.3 Å². The molecule has 0 heterocycles. The van der Waals surface area contributed by atoms with Crippen LogP contribution in [0.1, 0.15) is 489 Å². The molecule has 0 aliphatic carbocycles. The van der Waals surface area contributed by atoms with E-state index in [1.54, 1.807) is 0 Å². The molecule has 0 aromatic rings. The van der Waals surface area contributed by atoms with Crippen molar-refractivity contribution < 1.29 is 9.47 Å². The molecule has 0 N–H and O–H groups in total. The van der Waals surface area contributed by atoms with Crippen molar-refractivity contribution >= 4 is 0 Å². The maximum atomic E-state index is 6.77. The number of ether oxygens (including phenoxy) is 2. The highest BCUT2D eigenvalue weighted by Crippen LogP contribution is 2.23. The molecule has 0 bridgehead atoms. The molecule has 0 rings (SSSR count). The standard InChI is InChI=1S/C80H162O2/c1-5-8-11-14-17-20-23-26-29-32-35-38-40-42-44-47-50-53-56-59-62-65-68-71-74-77-80(79(81-4)76-73-70-67-64-61-58-55-52-49-46-37-34-31-28-25-22-19-16-13-10-7-3)82-78-75-72-69-66-63-60-57-54-51-48-45-43-41-39-36-33-30-27-24-21-18-15-12-9-6-2/h79-80H,5-78H2,1-4H3. The van der Waals surface area contributed by atoms with Crippen molar-refractivity contribution in [1.29, 1.82) is 0 Å². The third kappa shape index (κ3) is 70.7. The van der Waals surface area contributed by atoms with Gasteiger partial charge in [0.2, 0.25) is 0 Å². The first-order valence-electron chi connectivity index (χ1n) is 39.9. The Balaban J connectivity index is 4.16. The lowest BCUT2D eigenvalue weighted by molar-refractivity contribution is -0.0657. The van der Waals surface area contributed by atoms with Crippen LogP contribution in [-0.4, -0.2) is 25.9 Å². The van der Waals surface area contributed by atoms with Gasteiger partial charge in [-0.1, -0.05) is 470 Å². The molecule has 0 aromatic carbocycles. The van der Waals surface area contributed by atoms with Crippen molar-refractivity contribution in [3.05, 3.63) is 0 Å². The van der Waals surface area contributed by atoms with E-state index in [4.69, 9.17) is 9.47 Å². The minimum atomic E-state index is 0.272. The van der Waals surface area contributed by atoms with Crippen LogP contribution in [0.15, 0.2) is 0 Å². The average molecular weight is 1160 g/mol. The van der Waals surface area contributed by atoms with Gasteiger partial charge in [0.15, 0.2) is 0 Å². The van der Waals surface area contributed by atoms with Gasteiger partial charge in [-0.2, -0.15) is 0 Å². The molecule has 0 amide bonds. The van der Waals surface area contributed by atoms with Gasteiger partial charge in [-0.15, -0.1) is 0 Å². The molecule has 2 nitrogen and oxygen atoms in total. The monoisotopic (exact) mass is 1160 g/mol. The maximum Gasteiger partial charge on any atom is 0.0836 e. The molecular weight excluding hydrogens is 993 g/mol. The molecule has 0 spiro atoms. The lowest BCUT2D eigenvalue weighted by atomic mass is 9.98. The molecule has 0 saturated carbocycles. The molecule has 2 atom stereocenters. The van der Waals surface area contributed by atoms with Crippen LogP contribution in [0, 0.1) is 0 Å². The zero-order valence-corrected chi connectivity index (χ0v) is 58.3. The van der Waals surface area contributed by atoms with Crippen molar-refractivity contribution in [3.63, 3.8) is 0 Å². The van der Waals surface area contributed by atoms with Crippen molar-refractivity contribution in [1.82, 2.24) is 0 Å². The molecule has 2 heteroatoms. The zero-order valence-electron chi connectivity index (χ0n) is 58.3. The largest absolute Gasteiger partial charge is 0.379 e. The van der Waals surface area contributed by atoms with Gasteiger partial charge in [-0.25, -0.2) is 0 Å². The minimum Gasteiger partial charge on any atom is -0.379 e. The Bertz CT molecular complexity index is 1060. The molecule has 0 radical (unpaired) electrons. The van der Waals surface area contributed by atoms with Crippen molar-refractivity contribution in [3.8, 4) is 0 Å². The highest BCUT2D eigenvalue weighted by molar-refractivity contribution is 4.72. The van der Waals surface area contributed by atoms with Gasteiger partial charge in [0.1, 0.15) is 0 Å². The Hall–Kier alpha value is -0.0800. The summed E-state index contributed by atoms with van der Waals surface area (Å²) in [6, 6.07) is 0. The Kier molecular flexibility index (Phi) is 76.9. The fourth-order valence-corrected chi connectivity index (χ4v) is 13.6. The minimum absolute atomic E-state index is 0.272. The maximum absolute atomic E-state index is 6.77. The quantitative estimate of drug-likeness (QED) is 0.0565. The van der Waals surface area contributed by atoms with Gasteiger partial charge in [0.25, 0.3) is 0 Å². The normalized spacial score (nSPS) is 12.6. The molecule has 0 fully saturated rings. The number of hydrogen-bond acceptors (Lipinski definition) is 2. The molecule has 494 valence electrons. The fraction of sp³-hybridized carbons (Fsp3) is 1.00. The Morgan fingerprint density at radius 3 is 0.451 bits per heavy atom. The van der Waals surface area contributed by atoms with Crippen molar-refractivity contribution in [2.24, 2.45) is 0 Å². The first kappa shape index (κ1) is 81.9. The van der Waals surface area contributed by atoms with E-state index in [-0.39, 0.29) is 12.2 Å². The molecule has 2 unspecified atom stereocenters. The van der Waals surface area contributed by atoms with E-state index in [1.165, 1.54) is 469 Å². The molecule has 0 aromatic heterocycles. The second-order valence-electron chi connectivity index (χ2n) is 27.8. The van der Waals surface area contributed by atoms with Crippen LogP contribution in [0.5, 0.6) is 0 Å². The summed E-state index contributed by atoms with van der Waals surface area (Å²) < 4.78 is 13.0. The van der Waals surface area contributed by atoms with E-state index in [9.17, 15) is 0 Å². The number of hydrogen-bond donors (Lipinski definition) is 0. The second-order valence-corrected chi connectivity index (χ2v) is 27.8. The number of methoxy groups -OCH3 is 1. The lowest BCUT2D eigenvalue weighted by Gasteiger charge is -2.27. The Labute approximate surface area is 522 Å². The topological polar surface area (TPSA) is 18.5 Å². The molecular formula is C80H162O2. The van der Waals surface area contributed by atoms with Gasteiger partial charge >= 0.3 is 0 Å². The SMILES string of the molecule is CCCCCCCCCCCCCCCCCCCCCCCCCCCOC(CCCCCCCCCCCCCCCCCCCCCCCCCCC)C(CCCCCCCCCCCCCCCCCCCCCCC)OC.